The molecule has 0 saturated heterocycles. The van der Waals surface area contributed by atoms with Crippen molar-refractivity contribution in [1.82, 2.24) is 0 Å². The van der Waals surface area contributed by atoms with Gasteiger partial charge < -0.3 is 5.32 Å². The smallest absolute Gasteiger partial charge is 0.212 e. The fraction of sp³-hybridized carbons (Fsp3) is 0.0588. The first-order valence-corrected chi connectivity index (χ1v) is 8.09. The van der Waals surface area contributed by atoms with Gasteiger partial charge in [-0.15, -0.1) is 0 Å². The van der Waals surface area contributed by atoms with Crippen LogP contribution in [-0.4, -0.2) is 12.8 Å². The maximum absolute atomic E-state index is 12.3. The highest BCUT2D eigenvalue weighted by Crippen LogP contribution is 2.14. The molecule has 0 aliphatic carbocycles. The minimum Gasteiger partial charge on any atom is -0.385 e. The van der Waals surface area contributed by atoms with Gasteiger partial charge in [0.25, 0.3) is 0 Å². The molecule has 0 heterocycles. The Hall–Kier alpha value is -1.72. The molecule has 0 fully saturated rings. The lowest BCUT2D eigenvalue weighted by molar-refractivity contribution is 0.104. The molecule has 0 amide bonds. The van der Waals surface area contributed by atoms with E-state index in [2.05, 4.69) is 37.2 Å². The molecular formula is C17H13Br2NO2. The second-order valence-corrected chi connectivity index (χ2v) is 6.35. The number of hydrogen-bond donors (Lipinski definition) is 1. The number of ketones is 1. The van der Waals surface area contributed by atoms with Gasteiger partial charge in [-0.2, -0.15) is 0 Å². The minimum absolute atomic E-state index is 0.120. The monoisotopic (exact) mass is 421 g/mol. The number of nitrogens with one attached hydrogen (secondary N) is 1. The van der Waals surface area contributed by atoms with Crippen molar-refractivity contribution in [3.8, 4) is 0 Å². The molecule has 0 atom stereocenters. The molecule has 5 heteroatoms. The Balaban J connectivity index is 2.38. The Morgan fingerprint density at radius 3 is 2.32 bits per heavy atom. The van der Waals surface area contributed by atoms with Crippen LogP contribution in [0.15, 0.2) is 62.3 Å². The van der Waals surface area contributed by atoms with Crippen LogP contribution in [0.25, 0.3) is 6.08 Å². The zero-order valence-corrected chi connectivity index (χ0v) is 14.9. The molecule has 0 bridgehead atoms. The highest BCUT2D eigenvalue weighted by molar-refractivity contribution is 9.10. The highest BCUT2D eigenvalue weighted by atomic mass is 79.9. The van der Waals surface area contributed by atoms with Crippen LogP contribution in [0, 0.1) is 0 Å². The van der Waals surface area contributed by atoms with E-state index >= 15 is 0 Å². The molecule has 2 aromatic rings. The standard InChI is InChI=1S/C17H13Br2NO2/c1-20-15-8-7-13(19)10-14(17(15)22)16(21)9-4-11-2-5-12(18)6-3-11/h2-10H,1H3,(H,20,22)/b9-4+. The van der Waals surface area contributed by atoms with E-state index in [4.69, 9.17) is 0 Å². The first-order chi connectivity index (χ1) is 10.5. The fourth-order valence-electron chi connectivity index (χ4n) is 1.85. The molecule has 2 aromatic carbocycles. The molecule has 0 aliphatic rings. The number of carbonyl (C=O) groups is 1. The Morgan fingerprint density at radius 1 is 1.05 bits per heavy atom. The van der Waals surface area contributed by atoms with Crippen molar-refractivity contribution in [2.45, 2.75) is 0 Å². The lowest BCUT2D eigenvalue weighted by Crippen LogP contribution is -2.14. The maximum atomic E-state index is 12.3. The number of benzene rings is 1. The number of carbonyl (C=O) groups excluding carboxylic acids is 1. The van der Waals surface area contributed by atoms with Crippen LogP contribution in [-0.2, 0) is 0 Å². The Kier molecular flexibility index (Phi) is 5.69. The first kappa shape index (κ1) is 16.6. The molecular weight excluding hydrogens is 410 g/mol. The normalized spacial score (nSPS) is 10.7. The number of anilines is 1. The Labute approximate surface area is 145 Å². The highest BCUT2D eigenvalue weighted by Gasteiger charge is 2.10. The van der Waals surface area contributed by atoms with Gasteiger partial charge in [0.15, 0.2) is 5.78 Å². The molecule has 0 unspecified atom stereocenters. The van der Waals surface area contributed by atoms with Crippen LogP contribution in [0.5, 0.6) is 0 Å². The van der Waals surface area contributed by atoms with Gasteiger partial charge in [0, 0.05) is 16.0 Å². The number of hydrogen-bond acceptors (Lipinski definition) is 3. The second kappa shape index (κ2) is 7.51. The number of halogens is 2. The van der Waals surface area contributed by atoms with E-state index in [0.29, 0.717) is 10.2 Å². The SMILES string of the molecule is CNc1ccc(Br)cc(C(=O)/C=C/c2ccc(Br)cc2)c1=O. The van der Waals surface area contributed by atoms with Crippen molar-refractivity contribution in [2.75, 3.05) is 12.4 Å². The lowest BCUT2D eigenvalue weighted by atomic mass is 10.1. The van der Waals surface area contributed by atoms with Gasteiger partial charge >= 0.3 is 0 Å². The predicted molar refractivity (Wildman–Crippen MR) is 97.5 cm³/mol. The molecule has 3 nitrogen and oxygen atoms in total. The van der Waals surface area contributed by atoms with E-state index in [1.165, 1.54) is 12.1 Å². The quantitative estimate of drug-likeness (QED) is 0.582. The van der Waals surface area contributed by atoms with E-state index in [-0.39, 0.29) is 16.8 Å². The summed E-state index contributed by atoms with van der Waals surface area (Å²) >= 11 is 6.67. The summed E-state index contributed by atoms with van der Waals surface area (Å²) in [5, 5.41) is 2.80. The van der Waals surface area contributed by atoms with Gasteiger partial charge in [-0.05, 0) is 42.0 Å². The maximum Gasteiger partial charge on any atom is 0.212 e. The zero-order valence-electron chi connectivity index (χ0n) is 11.8. The van der Waals surface area contributed by atoms with Crippen LogP contribution < -0.4 is 10.7 Å². The average Bonchev–Trinajstić information content (AvgIpc) is 2.65. The lowest BCUT2D eigenvalue weighted by Gasteiger charge is -1.96. The summed E-state index contributed by atoms with van der Waals surface area (Å²) in [7, 11) is 1.65. The van der Waals surface area contributed by atoms with E-state index in [1.807, 2.05) is 24.3 Å². The molecule has 0 radical (unpaired) electrons. The van der Waals surface area contributed by atoms with Gasteiger partial charge in [-0.3, -0.25) is 9.59 Å². The van der Waals surface area contributed by atoms with Crippen molar-refractivity contribution in [3.63, 3.8) is 0 Å². The van der Waals surface area contributed by atoms with Gasteiger partial charge in [-0.1, -0.05) is 50.1 Å². The molecule has 0 spiro atoms. The van der Waals surface area contributed by atoms with Crippen molar-refractivity contribution in [2.24, 2.45) is 0 Å². The van der Waals surface area contributed by atoms with Gasteiger partial charge in [0.2, 0.25) is 5.43 Å². The van der Waals surface area contributed by atoms with Crippen molar-refractivity contribution >= 4 is 49.4 Å². The average molecular weight is 423 g/mol. The van der Waals surface area contributed by atoms with Crippen molar-refractivity contribution in [1.29, 1.82) is 0 Å². The van der Waals surface area contributed by atoms with E-state index in [9.17, 15) is 9.59 Å². The molecule has 22 heavy (non-hydrogen) atoms. The van der Waals surface area contributed by atoms with Crippen LogP contribution >= 0.6 is 31.9 Å². The molecule has 0 aliphatic heterocycles. The van der Waals surface area contributed by atoms with Gasteiger partial charge in [0.05, 0.1) is 11.3 Å². The molecule has 0 aromatic heterocycles. The van der Waals surface area contributed by atoms with Crippen LogP contribution in [0.3, 0.4) is 0 Å². The summed E-state index contributed by atoms with van der Waals surface area (Å²) in [6.07, 6.45) is 3.10. The fourth-order valence-corrected chi connectivity index (χ4v) is 2.48. The summed E-state index contributed by atoms with van der Waals surface area (Å²) in [6, 6.07) is 12.4. The number of rotatable bonds is 4. The van der Waals surface area contributed by atoms with Crippen molar-refractivity contribution in [3.05, 3.63) is 78.8 Å². The topological polar surface area (TPSA) is 46.2 Å². The summed E-state index contributed by atoms with van der Waals surface area (Å²) in [5.41, 5.74) is 1.07. The molecule has 2 rings (SSSR count). The molecule has 112 valence electrons. The zero-order chi connectivity index (χ0) is 16.1. The van der Waals surface area contributed by atoms with Crippen LogP contribution in [0.1, 0.15) is 15.9 Å². The third kappa shape index (κ3) is 4.15. The van der Waals surface area contributed by atoms with E-state index in [1.54, 1.807) is 25.3 Å². The summed E-state index contributed by atoms with van der Waals surface area (Å²) < 4.78 is 1.64. The molecule has 0 saturated carbocycles. The van der Waals surface area contributed by atoms with Crippen molar-refractivity contribution < 1.29 is 4.79 Å². The largest absolute Gasteiger partial charge is 0.385 e. The predicted octanol–water partition coefficient (Wildman–Crippen LogP) is 4.51. The van der Waals surface area contributed by atoms with Crippen LogP contribution in [0.2, 0.25) is 0 Å². The minimum atomic E-state index is -0.332. The summed E-state index contributed by atoms with van der Waals surface area (Å²) in [6.45, 7) is 0. The van der Waals surface area contributed by atoms with E-state index < -0.39 is 0 Å². The van der Waals surface area contributed by atoms with Gasteiger partial charge in [0.1, 0.15) is 0 Å². The Bertz CT molecular complexity index is 784. The van der Waals surface area contributed by atoms with E-state index in [0.717, 1.165) is 10.0 Å². The molecule has 1 N–H and O–H groups in total. The van der Waals surface area contributed by atoms with Crippen LogP contribution in [0.4, 0.5) is 5.69 Å². The van der Waals surface area contributed by atoms with Gasteiger partial charge in [-0.25, -0.2) is 0 Å². The summed E-state index contributed by atoms with van der Waals surface area (Å²) in [5.74, 6) is -0.332. The third-order valence-electron chi connectivity index (χ3n) is 3.01. The summed E-state index contributed by atoms with van der Waals surface area (Å²) in [4.78, 5) is 24.6. The second-order valence-electron chi connectivity index (χ2n) is 4.52. The first-order valence-electron chi connectivity index (χ1n) is 6.51. The third-order valence-corrected chi connectivity index (χ3v) is 4.03. The Morgan fingerprint density at radius 2 is 1.68 bits per heavy atom. The number of allylic oxidation sites excluding steroid dienone is 1.